The first kappa shape index (κ1) is 22.4. The quantitative estimate of drug-likeness (QED) is 0.590. The van der Waals surface area contributed by atoms with Gasteiger partial charge in [-0.3, -0.25) is 14.7 Å². The molecule has 0 aliphatic carbocycles. The molecule has 0 aromatic heterocycles. The average molecular weight is 416 g/mol. The number of rotatable bonds is 5. The molecular formula is C23H37N5O2. The molecule has 7 heteroatoms. The fourth-order valence-electron chi connectivity index (χ4n) is 4.29. The van der Waals surface area contributed by atoms with Crippen LogP contribution in [0.15, 0.2) is 23.2 Å². The molecule has 1 N–H and O–H groups in total. The fraction of sp³-hybridized carbons (Fsp3) is 0.652. The molecule has 2 aliphatic heterocycles. The van der Waals surface area contributed by atoms with E-state index in [2.05, 4.69) is 44.1 Å². The highest BCUT2D eigenvalue weighted by molar-refractivity contribution is 5.80. The number of amides is 1. The number of benzene rings is 1. The Balaban J connectivity index is 1.46. The molecule has 0 spiro atoms. The SMILES string of the molecule is CN=C(NCc1cc(C)cc(OC)c1)N1CCN(CC(=O)N2CCCCCC2)CC1. The van der Waals surface area contributed by atoms with Gasteiger partial charge < -0.3 is 19.9 Å². The summed E-state index contributed by atoms with van der Waals surface area (Å²) >= 11 is 0. The first-order valence-corrected chi connectivity index (χ1v) is 11.2. The summed E-state index contributed by atoms with van der Waals surface area (Å²) in [6, 6.07) is 6.25. The molecule has 2 saturated heterocycles. The maximum atomic E-state index is 12.7. The zero-order valence-electron chi connectivity index (χ0n) is 18.8. The van der Waals surface area contributed by atoms with Gasteiger partial charge in [-0.05, 0) is 43.0 Å². The molecule has 0 bridgehead atoms. The van der Waals surface area contributed by atoms with Gasteiger partial charge in [0.1, 0.15) is 5.75 Å². The molecule has 7 nitrogen and oxygen atoms in total. The van der Waals surface area contributed by atoms with Crippen molar-refractivity contribution in [2.24, 2.45) is 4.99 Å². The lowest BCUT2D eigenvalue weighted by atomic mass is 10.1. The van der Waals surface area contributed by atoms with Gasteiger partial charge in [-0.2, -0.15) is 0 Å². The van der Waals surface area contributed by atoms with E-state index in [-0.39, 0.29) is 0 Å². The van der Waals surface area contributed by atoms with E-state index < -0.39 is 0 Å². The summed E-state index contributed by atoms with van der Waals surface area (Å²) in [4.78, 5) is 23.7. The summed E-state index contributed by atoms with van der Waals surface area (Å²) in [5.41, 5.74) is 2.36. The van der Waals surface area contributed by atoms with Crippen molar-refractivity contribution in [3.63, 3.8) is 0 Å². The molecule has 2 aliphatic rings. The summed E-state index contributed by atoms with van der Waals surface area (Å²) < 4.78 is 5.37. The standard InChI is InChI=1S/C23H37N5O2/c1-19-14-20(16-21(15-19)30-3)17-25-23(24-2)28-12-10-26(11-13-28)18-22(29)27-8-6-4-5-7-9-27/h14-16H,4-13,17-18H2,1-3H3,(H,24,25). The molecule has 30 heavy (non-hydrogen) atoms. The second-order valence-electron chi connectivity index (χ2n) is 8.32. The van der Waals surface area contributed by atoms with Crippen LogP contribution in [-0.4, -0.2) is 86.5 Å². The van der Waals surface area contributed by atoms with Crippen molar-refractivity contribution in [2.45, 2.75) is 39.2 Å². The van der Waals surface area contributed by atoms with Gasteiger partial charge in [0, 0.05) is 52.9 Å². The largest absolute Gasteiger partial charge is 0.497 e. The van der Waals surface area contributed by atoms with Crippen molar-refractivity contribution in [3.8, 4) is 5.75 Å². The van der Waals surface area contributed by atoms with Crippen LogP contribution >= 0.6 is 0 Å². The summed E-state index contributed by atoms with van der Waals surface area (Å²) in [6.45, 7) is 8.72. The minimum atomic E-state index is 0.293. The van der Waals surface area contributed by atoms with Crippen LogP contribution in [0.25, 0.3) is 0 Å². The second-order valence-corrected chi connectivity index (χ2v) is 8.32. The molecule has 0 radical (unpaired) electrons. The van der Waals surface area contributed by atoms with Crippen LogP contribution in [0, 0.1) is 6.92 Å². The van der Waals surface area contributed by atoms with Gasteiger partial charge in [-0.15, -0.1) is 0 Å². The van der Waals surface area contributed by atoms with E-state index in [0.29, 0.717) is 19.0 Å². The number of aryl methyl sites for hydroxylation is 1. The van der Waals surface area contributed by atoms with E-state index >= 15 is 0 Å². The van der Waals surface area contributed by atoms with Gasteiger partial charge in [-0.1, -0.05) is 18.9 Å². The number of carbonyl (C=O) groups excluding carboxylic acids is 1. The molecular weight excluding hydrogens is 378 g/mol. The van der Waals surface area contributed by atoms with E-state index in [9.17, 15) is 4.79 Å². The van der Waals surface area contributed by atoms with Crippen LogP contribution in [0.1, 0.15) is 36.8 Å². The van der Waals surface area contributed by atoms with Crippen molar-refractivity contribution >= 4 is 11.9 Å². The highest BCUT2D eigenvalue weighted by Gasteiger charge is 2.23. The predicted molar refractivity (Wildman–Crippen MR) is 121 cm³/mol. The molecule has 0 unspecified atom stereocenters. The molecule has 3 rings (SSSR count). The maximum absolute atomic E-state index is 12.7. The molecule has 166 valence electrons. The number of likely N-dealkylation sites (tertiary alicyclic amines) is 1. The number of nitrogens with one attached hydrogen (secondary N) is 1. The van der Waals surface area contributed by atoms with Crippen LogP contribution < -0.4 is 10.1 Å². The Kier molecular flexibility index (Phi) is 8.37. The number of aliphatic imine (C=N–C) groups is 1. The normalized spacial score (nSPS) is 18.8. The Morgan fingerprint density at radius 2 is 1.70 bits per heavy atom. The third-order valence-corrected chi connectivity index (χ3v) is 6.00. The zero-order chi connectivity index (χ0) is 21.3. The van der Waals surface area contributed by atoms with E-state index in [4.69, 9.17) is 4.74 Å². The number of hydrogen-bond donors (Lipinski definition) is 1. The lowest BCUT2D eigenvalue weighted by Gasteiger charge is -2.37. The van der Waals surface area contributed by atoms with Gasteiger partial charge in [0.2, 0.25) is 5.91 Å². The monoisotopic (exact) mass is 415 g/mol. The zero-order valence-corrected chi connectivity index (χ0v) is 18.8. The van der Waals surface area contributed by atoms with E-state index in [1.54, 1.807) is 7.11 Å². The Labute approximate surface area is 181 Å². The fourth-order valence-corrected chi connectivity index (χ4v) is 4.29. The topological polar surface area (TPSA) is 60.4 Å². The van der Waals surface area contributed by atoms with E-state index in [1.165, 1.54) is 24.0 Å². The van der Waals surface area contributed by atoms with Crippen molar-refractivity contribution in [3.05, 3.63) is 29.3 Å². The van der Waals surface area contributed by atoms with Crippen molar-refractivity contribution in [1.29, 1.82) is 0 Å². The van der Waals surface area contributed by atoms with Gasteiger partial charge in [0.15, 0.2) is 5.96 Å². The van der Waals surface area contributed by atoms with Gasteiger partial charge in [-0.25, -0.2) is 0 Å². The summed E-state index contributed by atoms with van der Waals surface area (Å²) in [5.74, 6) is 2.08. The Bertz CT molecular complexity index is 720. The number of piperazine rings is 1. The molecule has 1 aromatic rings. The first-order valence-electron chi connectivity index (χ1n) is 11.2. The van der Waals surface area contributed by atoms with Crippen molar-refractivity contribution < 1.29 is 9.53 Å². The van der Waals surface area contributed by atoms with Crippen molar-refractivity contribution in [2.75, 3.05) is 60.0 Å². The minimum Gasteiger partial charge on any atom is -0.497 e. The Morgan fingerprint density at radius 1 is 1.00 bits per heavy atom. The minimum absolute atomic E-state index is 0.293. The molecule has 0 atom stereocenters. The van der Waals surface area contributed by atoms with Crippen LogP contribution in [-0.2, 0) is 11.3 Å². The van der Waals surface area contributed by atoms with E-state index in [1.807, 2.05) is 13.1 Å². The maximum Gasteiger partial charge on any atom is 0.236 e. The van der Waals surface area contributed by atoms with Crippen LogP contribution in [0.2, 0.25) is 0 Å². The number of guanidine groups is 1. The number of nitrogens with zero attached hydrogens (tertiary/aromatic N) is 4. The second kappa shape index (κ2) is 11.2. The summed E-state index contributed by atoms with van der Waals surface area (Å²) in [7, 11) is 3.52. The highest BCUT2D eigenvalue weighted by Crippen LogP contribution is 2.16. The third kappa shape index (κ3) is 6.36. The predicted octanol–water partition coefficient (Wildman–Crippen LogP) is 2.10. The highest BCUT2D eigenvalue weighted by atomic mass is 16.5. The molecule has 2 heterocycles. The smallest absolute Gasteiger partial charge is 0.236 e. The molecule has 1 amide bonds. The van der Waals surface area contributed by atoms with Crippen LogP contribution in [0.4, 0.5) is 0 Å². The van der Waals surface area contributed by atoms with Gasteiger partial charge in [0.25, 0.3) is 0 Å². The Morgan fingerprint density at radius 3 is 2.33 bits per heavy atom. The first-order chi connectivity index (χ1) is 14.6. The Hall–Kier alpha value is -2.28. The van der Waals surface area contributed by atoms with Gasteiger partial charge >= 0.3 is 0 Å². The number of hydrogen-bond acceptors (Lipinski definition) is 4. The molecule has 1 aromatic carbocycles. The lowest BCUT2D eigenvalue weighted by molar-refractivity contribution is -0.132. The van der Waals surface area contributed by atoms with E-state index in [0.717, 1.165) is 63.8 Å². The number of methoxy groups -OCH3 is 1. The summed E-state index contributed by atoms with van der Waals surface area (Å²) in [6.07, 6.45) is 4.80. The van der Waals surface area contributed by atoms with Gasteiger partial charge in [0.05, 0.1) is 13.7 Å². The molecule has 0 saturated carbocycles. The number of carbonyl (C=O) groups is 1. The van der Waals surface area contributed by atoms with Crippen LogP contribution in [0.5, 0.6) is 5.75 Å². The van der Waals surface area contributed by atoms with Crippen LogP contribution in [0.3, 0.4) is 0 Å². The summed E-state index contributed by atoms with van der Waals surface area (Å²) in [5, 5.41) is 3.47. The lowest BCUT2D eigenvalue weighted by Crippen LogP contribution is -2.54. The average Bonchev–Trinajstić information content (AvgIpc) is 3.04. The molecule has 2 fully saturated rings. The number of ether oxygens (including phenoxy) is 1. The van der Waals surface area contributed by atoms with Crippen molar-refractivity contribution in [1.82, 2.24) is 20.0 Å². The third-order valence-electron chi connectivity index (χ3n) is 6.00.